The van der Waals surface area contributed by atoms with E-state index in [0.717, 1.165) is 44.0 Å². The average molecular weight is 499 g/mol. The predicted molar refractivity (Wildman–Crippen MR) is 138 cm³/mol. The molecule has 0 bridgehead atoms. The first kappa shape index (κ1) is 25.6. The summed E-state index contributed by atoms with van der Waals surface area (Å²) in [6.45, 7) is 11.9. The van der Waals surface area contributed by atoms with Crippen LogP contribution in [0.25, 0.3) is 10.9 Å². The molecule has 1 aliphatic heterocycles. The van der Waals surface area contributed by atoms with Gasteiger partial charge in [-0.2, -0.15) is 0 Å². The monoisotopic (exact) mass is 498 g/mol. The number of carboxylic acids is 1. The molecule has 1 saturated heterocycles. The van der Waals surface area contributed by atoms with Crippen molar-refractivity contribution in [3.63, 3.8) is 0 Å². The van der Waals surface area contributed by atoms with Gasteiger partial charge in [-0.15, -0.1) is 0 Å². The van der Waals surface area contributed by atoms with Crippen LogP contribution in [0.15, 0.2) is 30.3 Å². The molecule has 0 radical (unpaired) electrons. The number of rotatable bonds is 8. The summed E-state index contributed by atoms with van der Waals surface area (Å²) in [4.78, 5) is 21.6. The maximum atomic E-state index is 14.6. The third-order valence-corrected chi connectivity index (χ3v) is 6.57. The fraction of sp³-hybridized carbons (Fsp3) is 0.407. The van der Waals surface area contributed by atoms with Crippen LogP contribution in [0.4, 0.5) is 25.8 Å². The van der Waals surface area contributed by atoms with Crippen molar-refractivity contribution in [2.45, 2.75) is 40.2 Å². The van der Waals surface area contributed by atoms with Gasteiger partial charge in [-0.1, -0.05) is 6.92 Å². The van der Waals surface area contributed by atoms with E-state index in [9.17, 15) is 18.7 Å². The van der Waals surface area contributed by atoms with Crippen LogP contribution >= 0.6 is 0 Å². The van der Waals surface area contributed by atoms with Crippen molar-refractivity contribution >= 4 is 33.9 Å². The van der Waals surface area contributed by atoms with E-state index < -0.39 is 17.6 Å². The maximum Gasteiger partial charge on any atom is 0.339 e. The molecule has 2 heterocycles. The highest BCUT2D eigenvalue weighted by molar-refractivity contribution is 6.08. The van der Waals surface area contributed by atoms with Gasteiger partial charge in [-0.25, -0.2) is 13.6 Å². The van der Waals surface area contributed by atoms with Crippen molar-refractivity contribution < 1.29 is 23.4 Å². The normalized spacial score (nSPS) is 14.5. The van der Waals surface area contributed by atoms with E-state index in [1.807, 2.05) is 26.0 Å². The summed E-state index contributed by atoms with van der Waals surface area (Å²) in [5.74, 6) is -2.04. The lowest BCUT2D eigenvalue weighted by Crippen LogP contribution is -2.49. The fourth-order valence-electron chi connectivity index (χ4n) is 4.67. The Morgan fingerprint density at radius 2 is 1.86 bits per heavy atom. The minimum Gasteiger partial charge on any atom is -0.492 e. The van der Waals surface area contributed by atoms with Gasteiger partial charge in [0, 0.05) is 49.7 Å². The molecule has 2 N–H and O–H groups in total. The Bertz CT molecular complexity index is 1270. The highest BCUT2D eigenvalue weighted by Gasteiger charge is 2.26. The van der Waals surface area contributed by atoms with Gasteiger partial charge >= 0.3 is 5.97 Å². The topological polar surface area (TPSA) is 77.9 Å². The summed E-state index contributed by atoms with van der Waals surface area (Å²) >= 11 is 0. The number of ether oxygens (including phenoxy) is 1. The lowest BCUT2D eigenvalue weighted by molar-refractivity contribution is 0.0696. The number of aromatic carboxylic acids is 1. The highest BCUT2D eigenvalue weighted by Crippen LogP contribution is 2.40. The largest absolute Gasteiger partial charge is 0.492 e. The van der Waals surface area contributed by atoms with Gasteiger partial charge in [0.05, 0.1) is 34.9 Å². The first-order valence-electron chi connectivity index (χ1n) is 12.3. The molecule has 0 atom stereocenters. The fourth-order valence-corrected chi connectivity index (χ4v) is 4.67. The van der Waals surface area contributed by atoms with Crippen molar-refractivity contribution in [1.29, 1.82) is 0 Å². The van der Waals surface area contributed by atoms with Gasteiger partial charge < -0.3 is 20.1 Å². The Hall–Kier alpha value is -3.46. The summed E-state index contributed by atoms with van der Waals surface area (Å²) in [5, 5.41) is 13.6. The van der Waals surface area contributed by atoms with Crippen LogP contribution in [0.3, 0.4) is 0 Å². The number of piperazine rings is 1. The zero-order valence-corrected chi connectivity index (χ0v) is 21.1. The Balaban J connectivity index is 1.91. The zero-order valence-electron chi connectivity index (χ0n) is 21.1. The van der Waals surface area contributed by atoms with E-state index in [1.54, 1.807) is 0 Å². The molecular weight excluding hydrogens is 466 g/mol. The molecular formula is C27H32F2N4O3. The molecule has 1 aliphatic rings. The van der Waals surface area contributed by atoms with Crippen LogP contribution in [-0.2, 0) is 6.42 Å². The van der Waals surface area contributed by atoms with Crippen LogP contribution in [0.2, 0.25) is 0 Å². The van der Waals surface area contributed by atoms with Crippen LogP contribution < -0.4 is 15.0 Å². The van der Waals surface area contributed by atoms with E-state index in [2.05, 4.69) is 33.9 Å². The molecule has 192 valence electrons. The molecule has 1 fully saturated rings. The Morgan fingerprint density at radius 3 is 2.44 bits per heavy atom. The molecule has 0 spiro atoms. The van der Waals surface area contributed by atoms with Crippen LogP contribution in [0.1, 0.15) is 43.7 Å². The van der Waals surface area contributed by atoms with Crippen molar-refractivity contribution in [3.8, 4) is 5.75 Å². The smallest absolute Gasteiger partial charge is 0.339 e. The zero-order chi connectivity index (χ0) is 26.0. The van der Waals surface area contributed by atoms with Crippen LogP contribution in [-0.4, -0.2) is 59.8 Å². The summed E-state index contributed by atoms with van der Waals surface area (Å²) < 4.78 is 34.1. The number of aryl methyl sites for hydroxylation is 1. The highest BCUT2D eigenvalue weighted by atomic mass is 19.1. The van der Waals surface area contributed by atoms with E-state index in [1.165, 1.54) is 6.07 Å². The third kappa shape index (κ3) is 5.06. The summed E-state index contributed by atoms with van der Waals surface area (Å²) in [6.07, 6.45) is 0.362. The number of hydrogen-bond acceptors (Lipinski definition) is 6. The Kier molecular flexibility index (Phi) is 7.59. The Morgan fingerprint density at radius 1 is 1.14 bits per heavy atom. The van der Waals surface area contributed by atoms with Crippen LogP contribution in [0, 0.1) is 11.6 Å². The van der Waals surface area contributed by atoms with Crippen molar-refractivity contribution in [1.82, 2.24) is 9.88 Å². The molecule has 0 aliphatic carbocycles. The number of fused-ring (bicyclic) bond motifs is 1. The molecule has 7 nitrogen and oxygen atoms in total. The Labute approximate surface area is 209 Å². The SMILES string of the molecule is CCOc1cc2nc(CC)c(C(=O)O)c(Nc3ccc(F)cc3F)c2cc1N1CCN(C(C)C)CC1. The van der Waals surface area contributed by atoms with Gasteiger partial charge in [0.2, 0.25) is 0 Å². The number of nitrogens with zero attached hydrogens (tertiary/aromatic N) is 3. The van der Waals surface area contributed by atoms with Gasteiger partial charge in [0.1, 0.15) is 22.9 Å². The van der Waals surface area contributed by atoms with E-state index in [0.29, 0.717) is 41.4 Å². The third-order valence-electron chi connectivity index (χ3n) is 6.57. The lowest BCUT2D eigenvalue weighted by atomic mass is 10.0. The van der Waals surface area contributed by atoms with Gasteiger partial charge in [-0.3, -0.25) is 9.88 Å². The molecule has 0 unspecified atom stereocenters. The molecule has 0 amide bonds. The molecule has 3 aromatic rings. The molecule has 4 rings (SSSR count). The quantitative estimate of drug-likeness (QED) is 0.428. The van der Waals surface area contributed by atoms with Gasteiger partial charge in [-0.05, 0) is 45.4 Å². The summed E-state index contributed by atoms with van der Waals surface area (Å²) in [6, 6.07) is 7.29. The average Bonchev–Trinajstić information content (AvgIpc) is 2.85. The number of aromatic nitrogens is 1. The second kappa shape index (κ2) is 10.7. The van der Waals surface area contributed by atoms with E-state index in [-0.39, 0.29) is 16.9 Å². The van der Waals surface area contributed by atoms with Crippen molar-refractivity contribution in [2.24, 2.45) is 0 Å². The number of carboxylic acid groups (broad SMARTS) is 1. The number of halogens is 2. The first-order chi connectivity index (χ1) is 17.2. The van der Waals surface area contributed by atoms with E-state index in [4.69, 9.17) is 4.74 Å². The number of benzene rings is 2. The molecule has 36 heavy (non-hydrogen) atoms. The van der Waals surface area contributed by atoms with Crippen molar-refractivity contribution in [3.05, 3.63) is 53.2 Å². The number of carbonyl (C=O) groups is 1. The number of hydrogen-bond donors (Lipinski definition) is 2. The minimum atomic E-state index is -1.17. The summed E-state index contributed by atoms with van der Waals surface area (Å²) in [7, 11) is 0. The van der Waals surface area contributed by atoms with Crippen molar-refractivity contribution in [2.75, 3.05) is 43.0 Å². The standard InChI is InChI=1S/C27H32F2N4O3/c1-5-20-25(27(34)35)26(31-21-8-7-17(28)13-19(21)29)18-14-23(24(36-6-2)15-22(18)30-20)33-11-9-32(10-12-33)16(3)4/h7-8,13-16H,5-6,9-12H2,1-4H3,(H,30,31)(H,34,35). The second-order valence-corrected chi connectivity index (χ2v) is 9.10. The van der Waals surface area contributed by atoms with E-state index >= 15 is 0 Å². The number of nitrogens with one attached hydrogen (secondary N) is 1. The lowest BCUT2D eigenvalue weighted by Gasteiger charge is -2.38. The van der Waals surface area contributed by atoms with Crippen LogP contribution in [0.5, 0.6) is 5.75 Å². The minimum absolute atomic E-state index is 0.0190. The molecule has 9 heteroatoms. The molecule has 0 saturated carbocycles. The first-order valence-corrected chi connectivity index (χ1v) is 12.3. The predicted octanol–water partition coefficient (Wildman–Crippen LogP) is 5.45. The number of pyridine rings is 1. The van der Waals surface area contributed by atoms with Gasteiger partial charge in [0.25, 0.3) is 0 Å². The number of anilines is 3. The molecule has 2 aromatic carbocycles. The second-order valence-electron chi connectivity index (χ2n) is 9.10. The molecule has 1 aromatic heterocycles. The maximum absolute atomic E-state index is 14.6. The summed E-state index contributed by atoms with van der Waals surface area (Å²) in [5.41, 5.74) is 1.90. The van der Waals surface area contributed by atoms with Gasteiger partial charge in [0.15, 0.2) is 0 Å².